The Bertz CT molecular complexity index is 778. The monoisotopic (exact) mass is 328 g/mol. The number of carbonyl (C=O) groups is 1. The normalized spacial score (nSPS) is 17.7. The van der Waals surface area contributed by atoms with Crippen molar-refractivity contribution in [3.63, 3.8) is 0 Å². The van der Waals surface area contributed by atoms with E-state index in [0.29, 0.717) is 23.4 Å². The van der Waals surface area contributed by atoms with Gasteiger partial charge in [0, 0.05) is 38.8 Å². The van der Waals surface area contributed by atoms with Crippen LogP contribution in [-0.4, -0.2) is 35.4 Å². The van der Waals surface area contributed by atoms with Crippen molar-refractivity contribution in [1.29, 1.82) is 0 Å². The SMILES string of the molecule is CC(=O)NCC1CCCN(c2ccc([N+](=O)[O-])c3cccnc23)C1. The first kappa shape index (κ1) is 16.2. The summed E-state index contributed by atoms with van der Waals surface area (Å²) in [6.07, 6.45) is 3.75. The van der Waals surface area contributed by atoms with Crippen molar-refractivity contribution in [3.8, 4) is 0 Å². The highest BCUT2D eigenvalue weighted by Crippen LogP contribution is 2.33. The summed E-state index contributed by atoms with van der Waals surface area (Å²) in [6.45, 7) is 3.88. The molecule has 1 atom stereocenters. The zero-order valence-electron chi connectivity index (χ0n) is 13.6. The van der Waals surface area contributed by atoms with E-state index in [9.17, 15) is 14.9 Å². The minimum atomic E-state index is -0.371. The number of piperidine rings is 1. The molecule has 1 aromatic carbocycles. The molecule has 2 heterocycles. The number of nitrogens with zero attached hydrogens (tertiary/aromatic N) is 3. The van der Waals surface area contributed by atoms with Crippen LogP contribution in [0, 0.1) is 16.0 Å². The number of non-ortho nitro benzene ring substituents is 1. The van der Waals surface area contributed by atoms with E-state index in [-0.39, 0.29) is 16.5 Å². The van der Waals surface area contributed by atoms with Gasteiger partial charge in [0.05, 0.1) is 16.0 Å². The molecular weight excluding hydrogens is 308 g/mol. The number of hydrogen-bond acceptors (Lipinski definition) is 5. The Labute approximate surface area is 139 Å². The number of hydrogen-bond donors (Lipinski definition) is 1. The fourth-order valence-electron chi connectivity index (χ4n) is 3.30. The standard InChI is InChI=1S/C17H20N4O3/c1-12(22)19-10-13-4-3-9-20(11-13)16-7-6-15(21(23)24)14-5-2-8-18-17(14)16/h2,5-8,13H,3-4,9-11H2,1H3,(H,19,22). The predicted molar refractivity (Wildman–Crippen MR) is 92.0 cm³/mol. The van der Waals surface area contributed by atoms with Crippen molar-refractivity contribution >= 4 is 28.2 Å². The van der Waals surface area contributed by atoms with E-state index < -0.39 is 0 Å². The number of benzene rings is 1. The van der Waals surface area contributed by atoms with Crippen LogP contribution in [0.4, 0.5) is 11.4 Å². The number of aromatic nitrogens is 1. The molecule has 1 saturated heterocycles. The van der Waals surface area contributed by atoms with E-state index in [4.69, 9.17) is 0 Å². The second kappa shape index (κ2) is 6.82. The van der Waals surface area contributed by atoms with E-state index in [0.717, 1.165) is 31.6 Å². The van der Waals surface area contributed by atoms with Gasteiger partial charge >= 0.3 is 0 Å². The van der Waals surface area contributed by atoms with E-state index >= 15 is 0 Å². The van der Waals surface area contributed by atoms with E-state index in [1.54, 1.807) is 30.5 Å². The zero-order valence-corrected chi connectivity index (χ0v) is 13.6. The molecule has 1 N–H and O–H groups in total. The van der Waals surface area contributed by atoms with Gasteiger partial charge in [-0.3, -0.25) is 19.9 Å². The maximum atomic E-state index is 11.2. The summed E-state index contributed by atoms with van der Waals surface area (Å²) >= 11 is 0. The van der Waals surface area contributed by atoms with Gasteiger partial charge in [0.25, 0.3) is 5.69 Å². The third-order valence-electron chi connectivity index (χ3n) is 4.42. The van der Waals surface area contributed by atoms with E-state index in [2.05, 4.69) is 15.2 Å². The average molecular weight is 328 g/mol. The molecular formula is C17H20N4O3. The van der Waals surface area contributed by atoms with Gasteiger partial charge in [0.1, 0.15) is 5.52 Å². The maximum Gasteiger partial charge on any atom is 0.278 e. The molecule has 1 fully saturated rings. The molecule has 1 amide bonds. The van der Waals surface area contributed by atoms with E-state index in [1.165, 1.54) is 6.92 Å². The number of rotatable bonds is 4. The summed E-state index contributed by atoms with van der Waals surface area (Å²) < 4.78 is 0. The summed E-state index contributed by atoms with van der Waals surface area (Å²) in [5, 5.41) is 14.7. The van der Waals surface area contributed by atoms with Crippen LogP contribution in [0.1, 0.15) is 19.8 Å². The fourth-order valence-corrected chi connectivity index (χ4v) is 3.30. The summed E-state index contributed by atoms with van der Waals surface area (Å²) in [6, 6.07) is 6.79. The zero-order chi connectivity index (χ0) is 17.1. The lowest BCUT2D eigenvalue weighted by Gasteiger charge is -2.34. The number of carbonyl (C=O) groups excluding carboxylic acids is 1. The summed E-state index contributed by atoms with van der Waals surface area (Å²) in [5.41, 5.74) is 1.66. The van der Waals surface area contributed by atoms with Crippen molar-refractivity contribution in [3.05, 3.63) is 40.6 Å². The predicted octanol–water partition coefficient (Wildman–Crippen LogP) is 2.50. The lowest BCUT2D eigenvalue weighted by atomic mass is 9.97. The first-order valence-corrected chi connectivity index (χ1v) is 8.08. The molecule has 3 rings (SSSR count). The molecule has 0 saturated carbocycles. The number of pyridine rings is 1. The van der Waals surface area contributed by atoms with Gasteiger partial charge in [-0.25, -0.2) is 0 Å². The van der Waals surface area contributed by atoms with E-state index in [1.807, 2.05) is 0 Å². The minimum Gasteiger partial charge on any atom is -0.369 e. The summed E-state index contributed by atoms with van der Waals surface area (Å²) in [5.74, 6) is 0.353. The summed E-state index contributed by atoms with van der Waals surface area (Å²) in [4.78, 5) is 28.6. The first-order valence-electron chi connectivity index (χ1n) is 8.08. The van der Waals surface area contributed by atoms with Gasteiger partial charge in [-0.1, -0.05) is 0 Å². The van der Waals surface area contributed by atoms with Gasteiger partial charge in [0.15, 0.2) is 0 Å². The van der Waals surface area contributed by atoms with Crippen LogP contribution in [0.15, 0.2) is 30.5 Å². The van der Waals surface area contributed by atoms with Crippen LogP contribution < -0.4 is 10.2 Å². The van der Waals surface area contributed by atoms with Gasteiger partial charge in [0.2, 0.25) is 5.91 Å². The van der Waals surface area contributed by atoms with Crippen molar-refractivity contribution in [2.45, 2.75) is 19.8 Å². The molecule has 0 spiro atoms. The molecule has 7 heteroatoms. The van der Waals surface area contributed by atoms with Gasteiger partial charge in [-0.05, 0) is 37.0 Å². The molecule has 24 heavy (non-hydrogen) atoms. The number of nitrogens with one attached hydrogen (secondary N) is 1. The van der Waals surface area contributed by atoms with Crippen molar-refractivity contribution in [2.24, 2.45) is 5.92 Å². The number of nitro benzene ring substituents is 1. The van der Waals surface area contributed by atoms with Crippen LogP contribution in [0.25, 0.3) is 10.9 Å². The van der Waals surface area contributed by atoms with Gasteiger partial charge in [-0.2, -0.15) is 0 Å². The number of anilines is 1. The molecule has 1 aliphatic rings. The lowest BCUT2D eigenvalue weighted by molar-refractivity contribution is -0.383. The molecule has 1 aliphatic heterocycles. The molecule has 2 aromatic rings. The highest BCUT2D eigenvalue weighted by atomic mass is 16.6. The summed E-state index contributed by atoms with van der Waals surface area (Å²) in [7, 11) is 0. The second-order valence-electron chi connectivity index (χ2n) is 6.15. The minimum absolute atomic E-state index is 0.0189. The first-order chi connectivity index (χ1) is 11.6. The third-order valence-corrected chi connectivity index (χ3v) is 4.42. The van der Waals surface area contributed by atoms with Crippen molar-refractivity contribution in [2.75, 3.05) is 24.5 Å². The topological polar surface area (TPSA) is 88.4 Å². The molecule has 1 aromatic heterocycles. The van der Waals surface area contributed by atoms with Crippen LogP contribution in [0.5, 0.6) is 0 Å². The fraction of sp³-hybridized carbons (Fsp3) is 0.412. The van der Waals surface area contributed by atoms with Gasteiger partial charge < -0.3 is 10.2 Å². The second-order valence-corrected chi connectivity index (χ2v) is 6.15. The molecule has 126 valence electrons. The van der Waals surface area contributed by atoms with Crippen LogP contribution in [0.3, 0.4) is 0 Å². The Balaban J connectivity index is 1.90. The van der Waals surface area contributed by atoms with Crippen molar-refractivity contribution in [1.82, 2.24) is 10.3 Å². The Hall–Kier alpha value is -2.70. The molecule has 7 nitrogen and oxygen atoms in total. The smallest absolute Gasteiger partial charge is 0.278 e. The average Bonchev–Trinajstić information content (AvgIpc) is 2.59. The highest BCUT2D eigenvalue weighted by molar-refractivity contribution is 5.97. The molecule has 0 bridgehead atoms. The molecule has 0 aliphatic carbocycles. The highest BCUT2D eigenvalue weighted by Gasteiger charge is 2.24. The van der Waals surface area contributed by atoms with Crippen LogP contribution >= 0.6 is 0 Å². The Kier molecular flexibility index (Phi) is 4.59. The Morgan fingerprint density at radius 2 is 2.29 bits per heavy atom. The Morgan fingerprint density at radius 3 is 3.04 bits per heavy atom. The largest absolute Gasteiger partial charge is 0.369 e. The van der Waals surface area contributed by atoms with Gasteiger partial charge in [-0.15, -0.1) is 0 Å². The molecule has 0 radical (unpaired) electrons. The van der Waals surface area contributed by atoms with Crippen LogP contribution in [0.2, 0.25) is 0 Å². The Morgan fingerprint density at radius 1 is 1.46 bits per heavy atom. The number of amides is 1. The van der Waals surface area contributed by atoms with Crippen LogP contribution in [-0.2, 0) is 4.79 Å². The number of fused-ring (bicyclic) bond motifs is 1. The van der Waals surface area contributed by atoms with Crippen molar-refractivity contribution < 1.29 is 9.72 Å². The third kappa shape index (κ3) is 3.29. The number of nitro groups is 1. The molecule has 1 unspecified atom stereocenters. The quantitative estimate of drug-likeness (QED) is 0.688. The maximum absolute atomic E-state index is 11.2. The lowest BCUT2D eigenvalue weighted by Crippen LogP contribution is -2.40.